The van der Waals surface area contributed by atoms with Crippen molar-refractivity contribution in [3.05, 3.63) is 71.3 Å². The number of ketones is 1. The third-order valence-corrected chi connectivity index (χ3v) is 4.26. The number of amides is 2. The quantitative estimate of drug-likeness (QED) is 0.512. The Hall–Kier alpha value is -3.81. The highest BCUT2D eigenvalue weighted by Gasteiger charge is 2.25. The molecule has 2 N–H and O–H groups in total. The molecule has 1 aromatic heterocycles. The second-order valence-corrected chi connectivity index (χ2v) is 6.45. The monoisotopic (exact) mass is 394 g/mol. The van der Waals surface area contributed by atoms with E-state index in [1.807, 2.05) is 30.3 Å². The largest absolute Gasteiger partial charge is 0.326 e. The lowest BCUT2D eigenvalue weighted by atomic mass is 10.1. The van der Waals surface area contributed by atoms with Gasteiger partial charge in [-0.25, -0.2) is 9.07 Å². The Morgan fingerprint density at radius 2 is 1.69 bits per heavy atom. The van der Waals surface area contributed by atoms with Crippen LogP contribution in [0.15, 0.2) is 48.5 Å². The van der Waals surface area contributed by atoms with Crippen LogP contribution in [0.5, 0.6) is 0 Å². The number of Topliss-reactive ketones (excluding diaryl/α,β-unsaturated/α-hetero) is 1. The number of aromatic nitrogens is 2. The Bertz CT molecular complexity index is 1110. The second-order valence-electron chi connectivity index (χ2n) is 6.45. The molecule has 0 fully saturated rings. The van der Waals surface area contributed by atoms with Crippen LogP contribution in [0, 0.1) is 19.7 Å². The summed E-state index contributed by atoms with van der Waals surface area (Å²) >= 11 is 0. The summed E-state index contributed by atoms with van der Waals surface area (Å²) in [5.74, 6) is -2.90. The minimum atomic E-state index is -0.998. The highest BCUT2D eigenvalue weighted by Crippen LogP contribution is 2.22. The highest BCUT2D eigenvalue weighted by molar-refractivity contribution is 6.47. The number of nitrogens with one attached hydrogen (secondary N) is 2. The maximum absolute atomic E-state index is 14.1. The van der Waals surface area contributed by atoms with Crippen LogP contribution in [0.3, 0.4) is 0 Å². The number of carbonyl (C=O) groups is 3. The van der Waals surface area contributed by atoms with Crippen LogP contribution < -0.4 is 10.6 Å². The van der Waals surface area contributed by atoms with Gasteiger partial charge in [-0.1, -0.05) is 18.2 Å². The van der Waals surface area contributed by atoms with Gasteiger partial charge in [-0.15, -0.1) is 0 Å². The number of carbonyl (C=O) groups excluding carboxylic acids is 3. The van der Waals surface area contributed by atoms with Gasteiger partial charge in [0.25, 0.3) is 11.7 Å². The van der Waals surface area contributed by atoms with Crippen LogP contribution in [-0.2, 0) is 9.59 Å². The van der Waals surface area contributed by atoms with Crippen molar-refractivity contribution >= 4 is 29.0 Å². The standard InChI is InChI=1S/C21H19FN4O3/c1-12-19(13(2)26(25-12)16-7-5-4-6-8-16)20(28)21(29)24-18-11-15(23-14(3)27)9-10-17(18)22/h4-11H,1-3H3,(H,23,27)(H,24,29). The zero-order valence-corrected chi connectivity index (χ0v) is 16.1. The average molecular weight is 394 g/mol. The van der Waals surface area contributed by atoms with Crippen molar-refractivity contribution in [1.82, 2.24) is 9.78 Å². The summed E-state index contributed by atoms with van der Waals surface area (Å²) in [7, 11) is 0. The summed E-state index contributed by atoms with van der Waals surface area (Å²) in [6.07, 6.45) is 0. The number of halogens is 1. The second kappa shape index (κ2) is 8.05. The third-order valence-electron chi connectivity index (χ3n) is 4.26. The smallest absolute Gasteiger partial charge is 0.296 e. The number of rotatable bonds is 5. The molecule has 0 bridgehead atoms. The molecular weight excluding hydrogens is 375 g/mol. The van der Waals surface area contributed by atoms with Crippen molar-refractivity contribution in [2.24, 2.45) is 0 Å². The minimum absolute atomic E-state index is 0.157. The third kappa shape index (κ3) is 4.21. The van der Waals surface area contributed by atoms with Gasteiger partial charge in [0, 0.05) is 12.6 Å². The topological polar surface area (TPSA) is 93.1 Å². The lowest BCUT2D eigenvalue weighted by Crippen LogP contribution is -2.24. The van der Waals surface area contributed by atoms with Crippen molar-refractivity contribution < 1.29 is 18.8 Å². The first kappa shape index (κ1) is 19.9. The average Bonchev–Trinajstić information content (AvgIpc) is 2.98. The van der Waals surface area contributed by atoms with E-state index >= 15 is 0 Å². The van der Waals surface area contributed by atoms with E-state index < -0.39 is 17.5 Å². The number of hydrogen-bond donors (Lipinski definition) is 2. The van der Waals surface area contributed by atoms with Gasteiger partial charge < -0.3 is 10.6 Å². The van der Waals surface area contributed by atoms with Crippen LogP contribution in [-0.4, -0.2) is 27.4 Å². The van der Waals surface area contributed by atoms with Crippen molar-refractivity contribution in [1.29, 1.82) is 0 Å². The van der Waals surface area contributed by atoms with Gasteiger partial charge in [0.15, 0.2) is 0 Å². The van der Waals surface area contributed by atoms with Crippen molar-refractivity contribution in [3.8, 4) is 5.69 Å². The van der Waals surface area contributed by atoms with Gasteiger partial charge >= 0.3 is 0 Å². The number of para-hydroxylation sites is 1. The fraction of sp³-hybridized carbons (Fsp3) is 0.143. The van der Waals surface area contributed by atoms with E-state index in [9.17, 15) is 18.8 Å². The maximum Gasteiger partial charge on any atom is 0.296 e. The van der Waals surface area contributed by atoms with E-state index in [1.54, 1.807) is 18.5 Å². The normalized spacial score (nSPS) is 10.5. The number of hydrogen-bond acceptors (Lipinski definition) is 4. The molecule has 3 rings (SSSR count). The zero-order chi connectivity index (χ0) is 21.1. The van der Waals surface area contributed by atoms with Crippen LogP contribution in [0.4, 0.5) is 15.8 Å². The first-order chi connectivity index (χ1) is 13.8. The van der Waals surface area contributed by atoms with Crippen molar-refractivity contribution in [2.45, 2.75) is 20.8 Å². The Morgan fingerprint density at radius 1 is 1.00 bits per heavy atom. The fourth-order valence-corrected chi connectivity index (χ4v) is 2.99. The molecule has 1 heterocycles. The van der Waals surface area contributed by atoms with E-state index in [2.05, 4.69) is 15.7 Å². The van der Waals surface area contributed by atoms with E-state index in [1.165, 1.54) is 19.1 Å². The van der Waals surface area contributed by atoms with Gasteiger partial charge in [-0.3, -0.25) is 14.4 Å². The Labute approximate surface area is 166 Å². The molecule has 0 atom stereocenters. The van der Waals surface area contributed by atoms with Crippen LogP contribution in [0.25, 0.3) is 5.69 Å². The Balaban J connectivity index is 1.87. The van der Waals surface area contributed by atoms with Gasteiger partial charge in [0.05, 0.1) is 28.3 Å². The molecule has 0 aliphatic heterocycles. The van der Waals surface area contributed by atoms with Crippen LogP contribution in [0.2, 0.25) is 0 Å². The molecule has 3 aromatic rings. The molecule has 2 amide bonds. The maximum atomic E-state index is 14.1. The van der Waals surface area contributed by atoms with Gasteiger partial charge in [-0.2, -0.15) is 5.10 Å². The van der Waals surface area contributed by atoms with Gasteiger partial charge in [-0.05, 0) is 44.2 Å². The summed E-state index contributed by atoms with van der Waals surface area (Å²) in [5, 5.41) is 9.11. The SMILES string of the molecule is CC(=O)Nc1ccc(F)c(NC(=O)C(=O)c2c(C)nn(-c3ccccc3)c2C)c1. The summed E-state index contributed by atoms with van der Waals surface area (Å²) in [6.45, 7) is 4.62. The highest BCUT2D eigenvalue weighted by atomic mass is 19.1. The molecule has 0 aliphatic carbocycles. The predicted octanol–water partition coefficient (Wildman–Crippen LogP) is 3.41. The van der Waals surface area contributed by atoms with E-state index in [4.69, 9.17) is 0 Å². The van der Waals surface area contributed by atoms with E-state index in [-0.39, 0.29) is 17.2 Å². The molecule has 0 aliphatic rings. The molecule has 0 saturated carbocycles. The van der Waals surface area contributed by atoms with Gasteiger partial charge in [0.2, 0.25) is 5.91 Å². The number of nitrogens with zero attached hydrogens (tertiary/aromatic N) is 2. The predicted molar refractivity (Wildman–Crippen MR) is 107 cm³/mol. The summed E-state index contributed by atoms with van der Waals surface area (Å²) in [5.41, 5.74) is 1.89. The van der Waals surface area contributed by atoms with E-state index in [0.29, 0.717) is 17.1 Å². The van der Waals surface area contributed by atoms with Gasteiger partial charge in [0.1, 0.15) is 5.82 Å². The minimum Gasteiger partial charge on any atom is -0.326 e. The molecule has 0 spiro atoms. The van der Waals surface area contributed by atoms with Crippen molar-refractivity contribution in [3.63, 3.8) is 0 Å². The zero-order valence-electron chi connectivity index (χ0n) is 16.1. The number of aryl methyl sites for hydroxylation is 1. The summed E-state index contributed by atoms with van der Waals surface area (Å²) < 4.78 is 15.6. The lowest BCUT2D eigenvalue weighted by Gasteiger charge is -2.09. The molecule has 148 valence electrons. The molecule has 0 saturated heterocycles. The fourth-order valence-electron chi connectivity index (χ4n) is 2.99. The first-order valence-electron chi connectivity index (χ1n) is 8.82. The van der Waals surface area contributed by atoms with Crippen LogP contribution >= 0.6 is 0 Å². The molecular formula is C21H19FN4O3. The Morgan fingerprint density at radius 3 is 2.34 bits per heavy atom. The number of anilines is 2. The molecule has 2 aromatic carbocycles. The first-order valence-corrected chi connectivity index (χ1v) is 8.82. The molecule has 29 heavy (non-hydrogen) atoms. The summed E-state index contributed by atoms with van der Waals surface area (Å²) in [4.78, 5) is 36.4. The molecule has 7 nitrogen and oxygen atoms in total. The molecule has 0 unspecified atom stereocenters. The molecule has 0 radical (unpaired) electrons. The summed E-state index contributed by atoms with van der Waals surface area (Å²) in [6, 6.07) is 12.9. The lowest BCUT2D eigenvalue weighted by molar-refractivity contribution is -0.114. The van der Waals surface area contributed by atoms with Crippen molar-refractivity contribution in [2.75, 3.05) is 10.6 Å². The van der Waals surface area contributed by atoms with E-state index in [0.717, 1.165) is 11.8 Å². The van der Waals surface area contributed by atoms with Crippen LogP contribution in [0.1, 0.15) is 28.7 Å². The number of benzene rings is 2. The Kier molecular flexibility index (Phi) is 5.54. The molecule has 8 heteroatoms.